The molecule has 0 spiro atoms. The summed E-state index contributed by atoms with van der Waals surface area (Å²) in [6.07, 6.45) is 0.531. The number of methoxy groups -OCH3 is 1. The molecule has 1 aliphatic rings. The van der Waals surface area contributed by atoms with Crippen LogP contribution in [0.1, 0.15) is 27.2 Å². The second-order valence-electron chi connectivity index (χ2n) is 4.94. The van der Waals surface area contributed by atoms with Crippen LogP contribution in [0.25, 0.3) is 0 Å². The van der Waals surface area contributed by atoms with Crippen LogP contribution in [0.15, 0.2) is 0 Å². The first-order valence-corrected chi connectivity index (χ1v) is 5.11. The van der Waals surface area contributed by atoms with Gasteiger partial charge in [0.25, 0.3) is 0 Å². The van der Waals surface area contributed by atoms with E-state index in [2.05, 4.69) is 0 Å². The summed E-state index contributed by atoms with van der Waals surface area (Å²) in [6.45, 7) is 7.34. The fourth-order valence-corrected chi connectivity index (χ4v) is 1.87. The first-order valence-electron chi connectivity index (χ1n) is 5.11. The van der Waals surface area contributed by atoms with Crippen molar-refractivity contribution in [2.45, 2.75) is 33.3 Å². The predicted octanol–water partition coefficient (Wildman–Crippen LogP) is 1.65. The van der Waals surface area contributed by atoms with Crippen molar-refractivity contribution < 1.29 is 14.3 Å². The highest BCUT2D eigenvalue weighted by Gasteiger charge is 2.36. The molecule has 1 rings (SSSR count). The van der Waals surface area contributed by atoms with Gasteiger partial charge >= 0.3 is 0 Å². The minimum atomic E-state index is -0.311. The summed E-state index contributed by atoms with van der Waals surface area (Å²) in [5.41, 5.74) is -0.131. The Kier molecular flexibility index (Phi) is 3.67. The number of carbonyl (C=O) groups excluding carboxylic acids is 1. The molecule has 1 saturated heterocycles. The molecule has 0 radical (unpaired) electrons. The van der Waals surface area contributed by atoms with Crippen molar-refractivity contribution in [3.05, 3.63) is 0 Å². The molecule has 0 bridgehead atoms. The normalized spacial score (nSPS) is 25.0. The molecule has 1 heterocycles. The Morgan fingerprint density at radius 2 is 2.14 bits per heavy atom. The highest BCUT2D eigenvalue weighted by molar-refractivity contribution is 5.86. The van der Waals surface area contributed by atoms with Crippen molar-refractivity contribution in [2.24, 2.45) is 11.3 Å². The molecule has 2 atom stereocenters. The second-order valence-corrected chi connectivity index (χ2v) is 4.94. The molecule has 1 fully saturated rings. The fourth-order valence-electron chi connectivity index (χ4n) is 1.87. The number of hydrogen-bond donors (Lipinski definition) is 0. The van der Waals surface area contributed by atoms with Crippen molar-refractivity contribution in [3.63, 3.8) is 0 Å². The third kappa shape index (κ3) is 2.55. The Hall–Kier alpha value is -0.410. The van der Waals surface area contributed by atoms with Gasteiger partial charge in [-0.1, -0.05) is 20.8 Å². The number of Topliss-reactive ketones (excluding diaryl/α,β-unsaturated/α-hetero) is 1. The van der Waals surface area contributed by atoms with Gasteiger partial charge in [-0.25, -0.2) is 0 Å². The van der Waals surface area contributed by atoms with E-state index in [1.54, 1.807) is 7.11 Å². The lowest BCUT2D eigenvalue weighted by atomic mass is 9.82. The number of ketones is 1. The zero-order chi connectivity index (χ0) is 10.8. The number of hydrogen-bond acceptors (Lipinski definition) is 3. The number of carbonyl (C=O) groups is 1. The largest absolute Gasteiger partial charge is 0.381 e. The second kappa shape index (κ2) is 4.41. The molecular weight excluding hydrogens is 180 g/mol. The van der Waals surface area contributed by atoms with Crippen LogP contribution in [0.5, 0.6) is 0 Å². The average Bonchev–Trinajstić information content (AvgIpc) is 2.53. The Balaban J connectivity index is 2.64. The van der Waals surface area contributed by atoms with E-state index < -0.39 is 0 Å². The molecule has 0 aliphatic carbocycles. The SMILES string of the molecule is COC(C(=O)C1CCOC1)C(C)(C)C. The fraction of sp³-hybridized carbons (Fsp3) is 0.909. The van der Waals surface area contributed by atoms with Crippen molar-refractivity contribution in [3.8, 4) is 0 Å². The Morgan fingerprint density at radius 3 is 2.50 bits per heavy atom. The van der Waals surface area contributed by atoms with Crippen molar-refractivity contribution in [2.75, 3.05) is 20.3 Å². The van der Waals surface area contributed by atoms with Gasteiger partial charge in [0.15, 0.2) is 5.78 Å². The standard InChI is InChI=1S/C11H20O3/c1-11(2,3)10(13-4)9(12)8-5-6-14-7-8/h8,10H,5-7H2,1-4H3. The van der Waals surface area contributed by atoms with Crippen LogP contribution in [0.3, 0.4) is 0 Å². The van der Waals surface area contributed by atoms with Crippen molar-refractivity contribution >= 4 is 5.78 Å². The summed E-state index contributed by atoms with van der Waals surface area (Å²) >= 11 is 0. The zero-order valence-corrected chi connectivity index (χ0v) is 9.50. The molecule has 14 heavy (non-hydrogen) atoms. The summed E-state index contributed by atoms with van der Waals surface area (Å²) < 4.78 is 10.5. The monoisotopic (exact) mass is 200 g/mol. The zero-order valence-electron chi connectivity index (χ0n) is 9.50. The molecule has 0 N–H and O–H groups in total. The quantitative estimate of drug-likeness (QED) is 0.695. The minimum Gasteiger partial charge on any atom is -0.381 e. The summed E-state index contributed by atoms with van der Waals surface area (Å²) in [4.78, 5) is 12.0. The molecule has 3 heteroatoms. The van der Waals surface area contributed by atoms with Crippen LogP contribution in [0.2, 0.25) is 0 Å². The van der Waals surface area contributed by atoms with E-state index in [1.807, 2.05) is 20.8 Å². The van der Waals surface area contributed by atoms with Crippen LogP contribution in [-0.2, 0) is 14.3 Å². The van der Waals surface area contributed by atoms with Crippen LogP contribution in [0, 0.1) is 11.3 Å². The van der Waals surface area contributed by atoms with Crippen LogP contribution in [0.4, 0.5) is 0 Å². The van der Waals surface area contributed by atoms with Crippen LogP contribution >= 0.6 is 0 Å². The molecule has 82 valence electrons. The van der Waals surface area contributed by atoms with Crippen molar-refractivity contribution in [1.82, 2.24) is 0 Å². The molecule has 1 aliphatic heterocycles. The smallest absolute Gasteiger partial charge is 0.167 e. The van der Waals surface area contributed by atoms with Gasteiger partial charge in [0.05, 0.1) is 6.61 Å². The molecule has 2 unspecified atom stereocenters. The molecular formula is C11H20O3. The average molecular weight is 200 g/mol. The third-order valence-electron chi connectivity index (χ3n) is 2.61. The van der Waals surface area contributed by atoms with E-state index in [9.17, 15) is 4.79 Å². The lowest BCUT2D eigenvalue weighted by Crippen LogP contribution is -2.40. The molecule has 0 aromatic rings. The van der Waals surface area contributed by atoms with E-state index in [4.69, 9.17) is 9.47 Å². The maximum atomic E-state index is 12.0. The number of rotatable bonds is 3. The summed E-state index contributed by atoms with van der Waals surface area (Å²) in [5.74, 6) is 0.233. The topological polar surface area (TPSA) is 35.5 Å². The first kappa shape index (κ1) is 11.7. The van der Waals surface area contributed by atoms with E-state index in [0.717, 1.165) is 6.42 Å². The molecule has 0 amide bonds. The molecule has 0 aromatic heterocycles. The van der Waals surface area contributed by atoms with Gasteiger partial charge in [0.1, 0.15) is 6.10 Å². The maximum Gasteiger partial charge on any atom is 0.167 e. The Bertz CT molecular complexity index is 199. The third-order valence-corrected chi connectivity index (χ3v) is 2.61. The van der Waals surface area contributed by atoms with Gasteiger partial charge in [-0.15, -0.1) is 0 Å². The summed E-state index contributed by atoms with van der Waals surface area (Å²) in [5, 5.41) is 0. The van der Waals surface area contributed by atoms with Crippen LogP contribution < -0.4 is 0 Å². The van der Waals surface area contributed by atoms with Gasteiger partial charge in [0, 0.05) is 19.6 Å². The van der Waals surface area contributed by atoms with Gasteiger partial charge in [-0.2, -0.15) is 0 Å². The van der Waals surface area contributed by atoms with Gasteiger partial charge in [0.2, 0.25) is 0 Å². The summed E-state index contributed by atoms with van der Waals surface area (Å²) in [7, 11) is 1.60. The molecule has 0 aromatic carbocycles. The van der Waals surface area contributed by atoms with Crippen molar-refractivity contribution in [1.29, 1.82) is 0 Å². The van der Waals surface area contributed by atoms with E-state index >= 15 is 0 Å². The first-order chi connectivity index (χ1) is 6.46. The highest BCUT2D eigenvalue weighted by Crippen LogP contribution is 2.27. The highest BCUT2D eigenvalue weighted by atomic mass is 16.5. The lowest BCUT2D eigenvalue weighted by molar-refractivity contribution is -0.139. The maximum absolute atomic E-state index is 12.0. The summed E-state index contributed by atoms with van der Waals surface area (Å²) in [6, 6.07) is 0. The number of ether oxygens (including phenoxy) is 2. The Labute approximate surface area is 85.8 Å². The minimum absolute atomic E-state index is 0.0409. The van der Waals surface area contributed by atoms with E-state index in [-0.39, 0.29) is 23.2 Å². The molecule has 0 saturated carbocycles. The molecule has 3 nitrogen and oxygen atoms in total. The van der Waals surface area contributed by atoms with E-state index in [0.29, 0.717) is 13.2 Å². The van der Waals surface area contributed by atoms with E-state index in [1.165, 1.54) is 0 Å². The van der Waals surface area contributed by atoms with Gasteiger partial charge in [-0.05, 0) is 11.8 Å². The van der Waals surface area contributed by atoms with Gasteiger partial charge < -0.3 is 9.47 Å². The predicted molar refractivity (Wildman–Crippen MR) is 54.2 cm³/mol. The van der Waals surface area contributed by atoms with Gasteiger partial charge in [-0.3, -0.25) is 4.79 Å². The van der Waals surface area contributed by atoms with Crippen LogP contribution in [-0.4, -0.2) is 32.2 Å². The lowest BCUT2D eigenvalue weighted by Gasteiger charge is -2.29. The Morgan fingerprint density at radius 1 is 1.50 bits per heavy atom.